The summed E-state index contributed by atoms with van der Waals surface area (Å²) in [7, 11) is -3.97. The second-order valence-electron chi connectivity index (χ2n) is 7.84. The molecule has 1 N–H and O–H groups in total. The zero-order valence-electron chi connectivity index (χ0n) is 19.5. The number of sulfonamides is 1. The lowest BCUT2D eigenvalue weighted by Crippen LogP contribution is -2.52. The molecule has 0 radical (unpaired) electrons. The van der Waals surface area contributed by atoms with E-state index >= 15 is 0 Å². The molecule has 0 spiro atoms. The van der Waals surface area contributed by atoms with Crippen molar-refractivity contribution in [3.05, 3.63) is 62.8 Å². The quantitative estimate of drug-likeness (QED) is 0.420. The number of amides is 2. The largest absolute Gasteiger partial charge is 0.354 e. The standard InChI is InChI=1S/C23H27Cl3FN3O4S/c1-4-10-28-23(32)21(5-2)29(13-15-6-7-16(24)11-18(15)25)22(31)14-30(35(3,33)34)17-8-9-20(27)19(26)12-17/h6-9,11-12,21H,4-5,10,13-14H2,1-3H3,(H,28,32). The predicted octanol–water partition coefficient (Wildman–Crippen LogP) is 4.89. The first-order chi connectivity index (χ1) is 16.4. The molecule has 0 aliphatic heterocycles. The Morgan fingerprint density at radius 2 is 1.74 bits per heavy atom. The Morgan fingerprint density at radius 1 is 1.06 bits per heavy atom. The van der Waals surface area contributed by atoms with Gasteiger partial charge in [-0.3, -0.25) is 13.9 Å². The van der Waals surface area contributed by atoms with Gasteiger partial charge in [-0.2, -0.15) is 0 Å². The maximum atomic E-state index is 13.7. The highest BCUT2D eigenvalue weighted by atomic mass is 35.5. The minimum absolute atomic E-state index is 0.0141. The van der Waals surface area contributed by atoms with Crippen molar-refractivity contribution in [2.45, 2.75) is 39.3 Å². The Kier molecular flexibility index (Phi) is 10.6. The van der Waals surface area contributed by atoms with E-state index in [9.17, 15) is 22.4 Å². The van der Waals surface area contributed by atoms with Crippen molar-refractivity contribution in [2.75, 3.05) is 23.7 Å². The average Bonchev–Trinajstić information content (AvgIpc) is 2.78. The number of anilines is 1. The van der Waals surface area contributed by atoms with Gasteiger partial charge in [-0.15, -0.1) is 0 Å². The molecule has 0 aromatic heterocycles. The van der Waals surface area contributed by atoms with Crippen molar-refractivity contribution < 1.29 is 22.4 Å². The molecule has 0 aliphatic carbocycles. The highest BCUT2D eigenvalue weighted by Gasteiger charge is 2.32. The summed E-state index contributed by atoms with van der Waals surface area (Å²) in [5.74, 6) is -1.75. The monoisotopic (exact) mass is 565 g/mol. The van der Waals surface area contributed by atoms with Crippen LogP contribution in [0.3, 0.4) is 0 Å². The number of rotatable bonds is 11. The van der Waals surface area contributed by atoms with Gasteiger partial charge in [-0.25, -0.2) is 12.8 Å². The number of halogens is 4. The zero-order valence-corrected chi connectivity index (χ0v) is 22.6. The topological polar surface area (TPSA) is 86.8 Å². The van der Waals surface area contributed by atoms with Gasteiger partial charge < -0.3 is 10.2 Å². The van der Waals surface area contributed by atoms with Crippen molar-refractivity contribution in [1.82, 2.24) is 10.2 Å². The van der Waals surface area contributed by atoms with Crippen molar-refractivity contribution in [3.8, 4) is 0 Å². The summed E-state index contributed by atoms with van der Waals surface area (Å²) in [5, 5.41) is 3.19. The molecule has 2 amide bonds. The van der Waals surface area contributed by atoms with E-state index in [2.05, 4.69) is 5.32 Å². The van der Waals surface area contributed by atoms with Crippen LogP contribution in [0.2, 0.25) is 15.1 Å². The highest BCUT2D eigenvalue weighted by molar-refractivity contribution is 7.92. The third-order valence-electron chi connectivity index (χ3n) is 5.16. The lowest BCUT2D eigenvalue weighted by atomic mass is 10.1. The molecule has 0 heterocycles. The Balaban J connectivity index is 2.48. The SMILES string of the molecule is CCCNC(=O)C(CC)N(Cc1ccc(Cl)cc1Cl)C(=O)CN(c1ccc(F)c(Cl)c1)S(C)(=O)=O. The van der Waals surface area contributed by atoms with Crippen LogP contribution in [-0.4, -0.2) is 50.5 Å². The van der Waals surface area contributed by atoms with Gasteiger partial charge >= 0.3 is 0 Å². The fourth-order valence-corrected chi connectivity index (χ4v) is 4.86. The van der Waals surface area contributed by atoms with Crippen LogP contribution in [0.4, 0.5) is 10.1 Å². The van der Waals surface area contributed by atoms with Crippen LogP contribution in [0.1, 0.15) is 32.3 Å². The van der Waals surface area contributed by atoms with E-state index in [4.69, 9.17) is 34.8 Å². The van der Waals surface area contributed by atoms with Crippen LogP contribution < -0.4 is 9.62 Å². The summed E-state index contributed by atoms with van der Waals surface area (Å²) in [6.45, 7) is 3.37. The predicted molar refractivity (Wildman–Crippen MR) is 138 cm³/mol. The molecule has 2 rings (SSSR count). The molecular formula is C23H27Cl3FN3O4S. The maximum absolute atomic E-state index is 13.7. The van der Waals surface area contributed by atoms with E-state index in [-0.39, 0.29) is 29.6 Å². The van der Waals surface area contributed by atoms with E-state index in [0.717, 1.165) is 22.7 Å². The first kappa shape index (κ1) is 29.2. The van der Waals surface area contributed by atoms with Crippen molar-refractivity contribution >= 4 is 62.3 Å². The molecule has 0 saturated carbocycles. The van der Waals surface area contributed by atoms with E-state index < -0.39 is 34.3 Å². The van der Waals surface area contributed by atoms with Crippen LogP contribution in [0.5, 0.6) is 0 Å². The number of nitrogens with one attached hydrogen (secondary N) is 1. The van der Waals surface area contributed by atoms with Gasteiger partial charge in [-0.1, -0.05) is 54.7 Å². The van der Waals surface area contributed by atoms with Gasteiger partial charge in [0.15, 0.2) is 0 Å². The number of nitrogens with zero attached hydrogens (tertiary/aromatic N) is 2. The van der Waals surface area contributed by atoms with Crippen LogP contribution in [0, 0.1) is 5.82 Å². The molecule has 2 aromatic rings. The van der Waals surface area contributed by atoms with Crippen LogP contribution >= 0.6 is 34.8 Å². The Hall–Kier alpha value is -2.07. The molecule has 7 nitrogen and oxygen atoms in total. The smallest absolute Gasteiger partial charge is 0.244 e. The lowest BCUT2D eigenvalue weighted by Gasteiger charge is -2.33. The minimum atomic E-state index is -3.97. The minimum Gasteiger partial charge on any atom is -0.354 e. The maximum Gasteiger partial charge on any atom is 0.244 e. The third kappa shape index (κ3) is 7.96. The van der Waals surface area contributed by atoms with E-state index in [1.54, 1.807) is 19.1 Å². The molecule has 1 atom stereocenters. The fourth-order valence-electron chi connectivity index (χ4n) is 3.37. The molecule has 12 heteroatoms. The molecule has 0 aliphatic rings. The van der Waals surface area contributed by atoms with Gasteiger partial charge in [0.25, 0.3) is 0 Å². The van der Waals surface area contributed by atoms with E-state index in [1.165, 1.54) is 17.0 Å². The Labute approximate surface area is 220 Å². The normalized spacial score (nSPS) is 12.2. The number of carbonyl (C=O) groups is 2. The molecule has 0 fully saturated rings. The van der Waals surface area contributed by atoms with Crippen LogP contribution in [-0.2, 0) is 26.2 Å². The molecule has 192 valence electrons. The van der Waals surface area contributed by atoms with Gasteiger partial charge in [0, 0.05) is 23.1 Å². The summed E-state index contributed by atoms with van der Waals surface area (Å²) < 4.78 is 39.6. The van der Waals surface area contributed by atoms with E-state index in [1.807, 2.05) is 6.92 Å². The lowest BCUT2D eigenvalue weighted by molar-refractivity contribution is -0.140. The van der Waals surface area contributed by atoms with E-state index in [0.29, 0.717) is 28.6 Å². The molecule has 0 saturated heterocycles. The Bertz CT molecular complexity index is 1180. The molecule has 35 heavy (non-hydrogen) atoms. The number of carbonyl (C=O) groups excluding carboxylic acids is 2. The van der Waals surface area contributed by atoms with Crippen molar-refractivity contribution in [3.63, 3.8) is 0 Å². The van der Waals surface area contributed by atoms with Crippen LogP contribution in [0.25, 0.3) is 0 Å². The number of hydrogen-bond acceptors (Lipinski definition) is 4. The first-order valence-electron chi connectivity index (χ1n) is 10.8. The second-order valence-corrected chi connectivity index (χ2v) is 11.0. The molecular weight excluding hydrogens is 540 g/mol. The highest BCUT2D eigenvalue weighted by Crippen LogP contribution is 2.26. The second kappa shape index (κ2) is 12.8. The Morgan fingerprint density at radius 3 is 2.29 bits per heavy atom. The average molecular weight is 567 g/mol. The summed E-state index contributed by atoms with van der Waals surface area (Å²) in [6.07, 6.45) is 1.89. The van der Waals surface area contributed by atoms with Crippen LogP contribution in [0.15, 0.2) is 36.4 Å². The zero-order chi connectivity index (χ0) is 26.3. The van der Waals surface area contributed by atoms with Gasteiger partial charge in [0.05, 0.1) is 17.0 Å². The van der Waals surface area contributed by atoms with Gasteiger partial charge in [-0.05, 0) is 48.7 Å². The van der Waals surface area contributed by atoms with Crippen molar-refractivity contribution in [2.24, 2.45) is 0 Å². The summed E-state index contributed by atoms with van der Waals surface area (Å²) in [4.78, 5) is 27.7. The van der Waals surface area contributed by atoms with Gasteiger partial charge in [0.1, 0.15) is 18.4 Å². The molecule has 2 aromatic carbocycles. The molecule has 0 bridgehead atoms. The number of hydrogen-bond donors (Lipinski definition) is 1. The fraction of sp³-hybridized carbons (Fsp3) is 0.391. The number of benzene rings is 2. The third-order valence-corrected chi connectivity index (χ3v) is 7.18. The summed E-state index contributed by atoms with van der Waals surface area (Å²) in [5.41, 5.74) is 0.544. The summed E-state index contributed by atoms with van der Waals surface area (Å²) >= 11 is 18.1. The summed E-state index contributed by atoms with van der Waals surface area (Å²) in [6, 6.07) is 7.21. The first-order valence-corrected chi connectivity index (χ1v) is 13.8. The van der Waals surface area contributed by atoms with Crippen molar-refractivity contribution in [1.29, 1.82) is 0 Å². The van der Waals surface area contributed by atoms with Gasteiger partial charge in [0.2, 0.25) is 21.8 Å². The molecule has 1 unspecified atom stereocenters.